The van der Waals surface area contributed by atoms with Crippen LogP contribution in [0.25, 0.3) is 0 Å². The maximum atomic E-state index is 12.4. The van der Waals surface area contributed by atoms with Crippen LogP contribution < -0.4 is 5.32 Å². The zero-order chi connectivity index (χ0) is 17.9. The highest BCUT2D eigenvalue weighted by Gasteiger charge is 2.28. The summed E-state index contributed by atoms with van der Waals surface area (Å²) in [6.45, 7) is 8.47. The van der Waals surface area contributed by atoms with Crippen LogP contribution in [-0.2, 0) is 14.6 Å². The number of rotatable bonds is 6. The van der Waals surface area contributed by atoms with Crippen LogP contribution in [0.4, 0.5) is 5.69 Å². The van der Waals surface area contributed by atoms with E-state index in [1.54, 1.807) is 0 Å². The predicted molar refractivity (Wildman–Crippen MR) is 103 cm³/mol. The van der Waals surface area contributed by atoms with Gasteiger partial charge in [0, 0.05) is 10.9 Å². The minimum Gasteiger partial charge on any atom is -0.325 e. The highest BCUT2D eigenvalue weighted by atomic mass is 32.2. The van der Waals surface area contributed by atoms with E-state index in [4.69, 9.17) is 0 Å². The minimum atomic E-state index is -2.89. The number of amides is 1. The number of hydrogen-bond acceptors (Lipinski definition) is 4. The molecule has 0 radical (unpaired) electrons. The Morgan fingerprint density at radius 2 is 1.79 bits per heavy atom. The third kappa shape index (κ3) is 4.99. The monoisotopic (exact) mass is 369 g/mol. The van der Waals surface area contributed by atoms with E-state index in [9.17, 15) is 13.2 Å². The zero-order valence-corrected chi connectivity index (χ0v) is 16.5. The van der Waals surface area contributed by atoms with Crippen molar-refractivity contribution < 1.29 is 13.2 Å². The Hall–Kier alpha value is -1.01. The van der Waals surface area contributed by atoms with Crippen LogP contribution in [0.1, 0.15) is 57.1 Å². The lowest BCUT2D eigenvalue weighted by atomic mass is 9.92. The van der Waals surface area contributed by atoms with E-state index in [2.05, 4.69) is 45.1 Å². The van der Waals surface area contributed by atoms with Crippen LogP contribution in [0, 0.1) is 0 Å². The molecular formula is C18H27NO3S2. The quantitative estimate of drug-likeness (QED) is 0.828. The van der Waals surface area contributed by atoms with E-state index >= 15 is 0 Å². The second-order valence-electron chi connectivity index (χ2n) is 7.01. The largest absolute Gasteiger partial charge is 0.325 e. The number of benzene rings is 1. The third-order valence-corrected chi connectivity index (χ3v) is 7.56. The molecule has 0 spiro atoms. The van der Waals surface area contributed by atoms with Crippen molar-refractivity contribution in [1.82, 2.24) is 0 Å². The van der Waals surface area contributed by atoms with E-state index in [0.717, 1.165) is 16.8 Å². The first-order chi connectivity index (χ1) is 11.2. The molecule has 1 amide bonds. The molecule has 1 aromatic rings. The van der Waals surface area contributed by atoms with Crippen molar-refractivity contribution in [3.8, 4) is 0 Å². The molecule has 24 heavy (non-hydrogen) atoms. The molecule has 1 N–H and O–H groups in total. The van der Waals surface area contributed by atoms with E-state index in [-0.39, 0.29) is 22.7 Å². The number of carbonyl (C=O) groups is 1. The molecule has 0 aromatic heterocycles. The Balaban J connectivity index is 2.05. The maximum Gasteiger partial charge on any atom is 0.234 e. The Bertz CT molecular complexity index is 670. The average Bonchev–Trinajstić information content (AvgIpc) is 2.84. The van der Waals surface area contributed by atoms with Crippen LogP contribution in [0.5, 0.6) is 0 Å². The van der Waals surface area contributed by atoms with Crippen LogP contribution in [-0.4, -0.2) is 36.8 Å². The van der Waals surface area contributed by atoms with Crippen LogP contribution in [0.15, 0.2) is 18.2 Å². The van der Waals surface area contributed by atoms with Gasteiger partial charge < -0.3 is 5.32 Å². The maximum absolute atomic E-state index is 12.4. The van der Waals surface area contributed by atoms with Gasteiger partial charge in [-0.15, -0.1) is 11.8 Å². The fraction of sp³-hybridized carbons (Fsp3) is 0.611. The summed E-state index contributed by atoms with van der Waals surface area (Å²) in [7, 11) is -2.89. The van der Waals surface area contributed by atoms with Gasteiger partial charge in [-0.1, -0.05) is 45.9 Å². The highest BCUT2D eigenvalue weighted by molar-refractivity contribution is 8.02. The zero-order valence-electron chi connectivity index (χ0n) is 14.8. The summed E-state index contributed by atoms with van der Waals surface area (Å²) in [6, 6.07) is 6.16. The van der Waals surface area contributed by atoms with E-state index < -0.39 is 9.84 Å². The van der Waals surface area contributed by atoms with E-state index in [0.29, 0.717) is 24.0 Å². The summed E-state index contributed by atoms with van der Waals surface area (Å²) in [5.74, 6) is 1.34. The molecule has 1 fully saturated rings. The van der Waals surface area contributed by atoms with Crippen molar-refractivity contribution in [2.24, 2.45) is 0 Å². The standard InChI is InChI=1S/C18H27NO3S2/c1-12(2)15-6-5-7-16(13(3)4)18(15)19-17(20)10-23-14-8-9-24(21,22)11-14/h5-7,12-14H,8-11H2,1-4H3,(H,19,20). The van der Waals surface area contributed by atoms with Crippen LogP contribution in [0.3, 0.4) is 0 Å². The SMILES string of the molecule is CC(C)c1cccc(C(C)C)c1NC(=O)CSC1CCS(=O)(=O)C1. The molecule has 4 nitrogen and oxygen atoms in total. The summed E-state index contributed by atoms with van der Waals surface area (Å²) in [5, 5.41) is 3.12. The first-order valence-corrected chi connectivity index (χ1v) is 11.3. The van der Waals surface area contributed by atoms with Crippen LogP contribution in [0.2, 0.25) is 0 Å². The first kappa shape index (κ1) is 19.3. The number of hydrogen-bond donors (Lipinski definition) is 1. The fourth-order valence-electron chi connectivity index (χ4n) is 2.96. The summed E-state index contributed by atoms with van der Waals surface area (Å²) in [4.78, 5) is 12.4. The molecule has 1 saturated heterocycles. The lowest BCUT2D eigenvalue weighted by Gasteiger charge is -2.20. The Morgan fingerprint density at radius 1 is 1.21 bits per heavy atom. The van der Waals surface area contributed by atoms with Gasteiger partial charge in [0.05, 0.1) is 17.3 Å². The van der Waals surface area contributed by atoms with Gasteiger partial charge in [-0.2, -0.15) is 0 Å². The Kier molecular flexibility index (Phi) is 6.37. The Labute approximate surface area is 149 Å². The summed E-state index contributed by atoms with van der Waals surface area (Å²) >= 11 is 1.45. The normalized spacial score (nSPS) is 19.8. The van der Waals surface area contributed by atoms with Crippen molar-refractivity contribution in [1.29, 1.82) is 0 Å². The molecular weight excluding hydrogens is 342 g/mol. The molecule has 1 aromatic carbocycles. The molecule has 1 heterocycles. The molecule has 0 bridgehead atoms. The molecule has 0 aliphatic carbocycles. The Morgan fingerprint density at radius 3 is 2.25 bits per heavy atom. The lowest BCUT2D eigenvalue weighted by Crippen LogP contribution is -2.19. The molecule has 6 heteroatoms. The van der Waals surface area contributed by atoms with E-state index in [1.165, 1.54) is 11.8 Å². The van der Waals surface area contributed by atoms with Crippen molar-refractivity contribution >= 4 is 33.2 Å². The lowest BCUT2D eigenvalue weighted by molar-refractivity contribution is -0.113. The number of sulfone groups is 1. The number of para-hydroxylation sites is 1. The molecule has 1 aliphatic rings. The second kappa shape index (κ2) is 7.91. The van der Waals surface area contributed by atoms with Gasteiger partial charge in [-0.3, -0.25) is 4.79 Å². The van der Waals surface area contributed by atoms with Gasteiger partial charge in [0.15, 0.2) is 9.84 Å². The topological polar surface area (TPSA) is 63.2 Å². The molecule has 1 unspecified atom stereocenters. The summed E-state index contributed by atoms with van der Waals surface area (Å²) in [6.07, 6.45) is 0.653. The van der Waals surface area contributed by atoms with Gasteiger partial charge >= 0.3 is 0 Å². The average molecular weight is 370 g/mol. The van der Waals surface area contributed by atoms with Gasteiger partial charge in [-0.05, 0) is 29.4 Å². The highest BCUT2D eigenvalue weighted by Crippen LogP contribution is 2.32. The number of carbonyl (C=O) groups excluding carboxylic acids is 1. The molecule has 134 valence electrons. The molecule has 1 aliphatic heterocycles. The van der Waals surface area contributed by atoms with Crippen molar-refractivity contribution in [3.05, 3.63) is 29.3 Å². The van der Waals surface area contributed by atoms with Crippen molar-refractivity contribution in [2.75, 3.05) is 22.6 Å². The molecule has 2 rings (SSSR count). The number of thioether (sulfide) groups is 1. The van der Waals surface area contributed by atoms with Gasteiger partial charge in [0.2, 0.25) is 5.91 Å². The fourth-order valence-corrected chi connectivity index (χ4v) is 6.40. The number of nitrogens with one attached hydrogen (secondary N) is 1. The second-order valence-corrected chi connectivity index (χ2v) is 10.5. The first-order valence-electron chi connectivity index (χ1n) is 8.44. The van der Waals surface area contributed by atoms with Gasteiger partial charge in [0.25, 0.3) is 0 Å². The third-order valence-electron chi connectivity index (χ3n) is 4.28. The van der Waals surface area contributed by atoms with Gasteiger partial charge in [0.1, 0.15) is 0 Å². The number of anilines is 1. The predicted octanol–water partition coefficient (Wildman–Crippen LogP) is 3.79. The smallest absolute Gasteiger partial charge is 0.234 e. The van der Waals surface area contributed by atoms with E-state index in [1.807, 2.05) is 6.07 Å². The molecule has 1 atom stereocenters. The summed E-state index contributed by atoms with van der Waals surface area (Å²) in [5.41, 5.74) is 3.21. The van der Waals surface area contributed by atoms with Crippen molar-refractivity contribution in [2.45, 2.75) is 51.2 Å². The molecule has 0 saturated carbocycles. The van der Waals surface area contributed by atoms with Crippen molar-refractivity contribution in [3.63, 3.8) is 0 Å². The minimum absolute atomic E-state index is 0.0469. The van der Waals surface area contributed by atoms with Crippen LogP contribution >= 0.6 is 11.8 Å². The summed E-state index contributed by atoms with van der Waals surface area (Å²) < 4.78 is 23.0. The van der Waals surface area contributed by atoms with Gasteiger partial charge in [-0.25, -0.2) is 8.42 Å².